The SMILES string of the molecule is Cc1cc(C)c(-c2cccnc2C(=O)O)c(C)c1. The Morgan fingerprint density at radius 3 is 2.33 bits per heavy atom. The Bertz CT molecular complexity index is 595. The second-order valence-corrected chi connectivity index (χ2v) is 4.48. The van der Waals surface area contributed by atoms with Crippen molar-refractivity contribution < 1.29 is 9.90 Å². The van der Waals surface area contributed by atoms with Gasteiger partial charge in [0.25, 0.3) is 0 Å². The van der Waals surface area contributed by atoms with Crippen LogP contribution in [0.25, 0.3) is 11.1 Å². The summed E-state index contributed by atoms with van der Waals surface area (Å²) < 4.78 is 0. The van der Waals surface area contributed by atoms with Crippen LogP contribution in [0.3, 0.4) is 0 Å². The van der Waals surface area contributed by atoms with Crippen molar-refractivity contribution in [2.45, 2.75) is 20.8 Å². The molecule has 1 N–H and O–H groups in total. The first-order valence-corrected chi connectivity index (χ1v) is 5.77. The zero-order chi connectivity index (χ0) is 13.3. The lowest BCUT2D eigenvalue weighted by atomic mass is 9.93. The van der Waals surface area contributed by atoms with Crippen LogP contribution in [0.4, 0.5) is 0 Å². The number of aryl methyl sites for hydroxylation is 3. The van der Waals surface area contributed by atoms with E-state index in [0.29, 0.717) is 5.56 Å². The van der Waals surface area contributed by atoms with Crippen LogP contribution in [0, 0.1) is 20.8 Å². The number of aromatic nitrogens is 1. The number of carboxylic acids is 1. The third-order valence-corrected chi connectivity index (χ3v) is 2.96. The lowest BCUT2D eigenvalue weighted by Crippen LogP contribution is -2.04. The van der Waals surface area contributed by atoms with E-state index in [1.807, 2.05) is 20.8 Å². The molecule has 0 bridgehead atoms. The summed E-state index contributed by atoms with van der Waals surface area (Å²) in [4.78, 5) is 15.2. The van der Waals surface area contributed by atoms with Gasteiger partial charge in [0.15, 0.2) is 5.69 Å². The van der Waals surface area contributed by atoms with Crippen molar-refractivity contribution in [3.05, 3.63) is 52.8 Å². The van der Waals surface area contributed by atoms with E-state index in [4.69, 9.17) is 0 Å². The van der Waals surface area contributed by atoms with E-state index < -0.39 is 5.97 Å². The van der Waals surface area contributed by atoms with Gasteiger partial charge in [-0.25, -0.2) is 9.78 Å². The molecule has 0 atom stereocenters. The molecule has 1 aromatic carbocycles. The summed E-state index contributed by atoms with van der Waals surface area (Å²) in [5.74, 6) is -0.995. The van der Waals surface area contributed by atoms with Crippen LogP contribution in [0.1, 0.15) is 27.2 Å². The zero-order valence-corrected chi connectivity index (χ0v) is 10.7. The molecule has 0 fully saturated rings. The van der Waals surface area contributed by atoms with Crippen molar-refractivity contribution in [2.24, 2.45) is 0 Å². The summed E-state index contributed by atoms with van der Waals surface area (Å²) in [5.41, 5.74) is 5.07. The van der Waals surface area contributed by atoms with Crippen LogP contribution in [0.5, 0.6) is 0 Å². The molecular weight excluding hydrogens is 226 g/mol. The third-order valence-electron chi connectivity index (χ3n) is 2.96. The quantitative estimate of drug-likeness (QED) is 0.876. The molecule has 0 amide bonds. The second-order valence-electron chi connectivity index (χ2n) is 4.48. The number of aromatic carboxylic acids is 1. The molecule has 0 saturated heterocycles. The van der Waals surface area contributed by atoms with Crippen molar-refractivity contribution in [1.82, 2.24) is 4.98 Å². The van der Waals surface area contributed by atoms with Gasteiger partial charge in [-0.2, -0.15) is 0 Å². The normalized spacial score (nSPS) is 10.4. The van der Waals surface area contributed by atoms with Crippen LogP contribution in [0.2, 0.25) is 0 Å². The molecule has 1 aromatic heterocycles. The molecule has 0 spiro atoms. The lowest BCUT2D eigenvalue weighted by molar-refractivity contribution is 0.0691. The van der Waals surface area contributed by atoms with E-state index >= 15 is 0 Å². The smallest absolute Gasteiger partial charge is 0.355 e. The highest BCUT2D eigenvalue weighted by Crippen LogP contribution is 2.30. The number of carboxylic acid groups (broad SMARTS) is 1. The standard InChI is InChI=1S/C15H15NO2/c1-9-7-10(2)13(11(3)8-9)12-5-4-6-16-14(12)15(17)18/h4-8H,1-3H3,(H,17,18). The topological polar surface area (TPSA) is 50.2 Å². The first-order valence-electron chi connectivity index (χ1n) is 5.77. The number of benzene rings is 1. The molecule has 0 aliphatic rings. The molecule has 0 unspecified atom stereocenters. The molecule has 0 radical (unpaired) electrons. The van der Waals surface area contributed by atoms with Crippen molar-refractivity contribution in [1.29, 1.82) is 0 Å². The van der Waals surface area contributed by atoms with Crippen LogP contribution < -0.4 is 0 Å². The Morgan fingerprint density at radius 2 is 1.78 bits per heavy atom. The maximum atomic E-state index is 11.2. The number of carbonyl (C=O) groups is 1. The Morgan fingerprint density at radius 1 is 1.17 bits per heavy atom. The fourth-order valence-electron chi connectivity index (χ4n) is 2.38. The van der Waals surface area contributed by atoms with E-state index in [2.05, 4.69) is 17.1 Å². The predicted molar refractivity (Wildman–Crippen MR) is 70.8 cm³/mol. The number of pyridine rings is 1. The lowest BCUT2D eigenvalue weighted by Gasteiger charge is -2.13. The van der Waals surface area contributed by atoms with Gasteiger partial charge in [-0.15, -0.1) is 0 Å². The minimum absolute atomic E-state index is 0.104. The second kappa shape index (κ2) is 4.61. The summed E-state index contributed by atoms with van der Waals surface area (Å²) in [6.45, 7) is 6.02. The van der Waals surface area contributed by atoms with E-state index in [1.165, 1.54) is 11.8 Å². The maximum absolute atomic E-state index is 11.2. The molecule has 18 heavy (non-hydrogen) atoms. The van der Waals surface area contributed by atoms with Gasteiger partial charge in [-0.05, 0) is 43.5 Å². The summed E-state index contributed by atoms with van der Waals surface area (Å²) >= 11 is 0. The largest absolute Gasteiger partial charge is 0.476 e. The molecule has 92 valence electrons. The van der Waals surface area contributed by atoms with Crippen LogP contribution in [0.15, 0.2) is 30.5 Å². The third kappa shape index (κ3) is 2.12. The fourth-order valence-corrected chi connectivity index (χ4v) is 2.38. The van der Waals surface area contributed by atoms with Gasteiger partial charge in [0, 0.05) is 11.8 Å². The molecular formula is C15H15NO2. The molecule has 2 aromatic rings. The number of hydrogen-bond donors (Lipinski definition) is 1. The monoisotopic (exact) mass is 241 g/mol. The number of nitrogens with zero attached hydrogens (tertiary/aromatic N) is 1. The van der Waals surface area contributed by atoms with E-state index in [1.54, 1.807) is 12.1 Å². The van der Waals surface area contributed by atoms with E-state index in [0.717, 1.165) is 16.7 Å². The summed E-state index contributed by atoms with van der Waals surface area (Å²) in [5, 5.41) is 9.20. The van der Waals surface area contributed by atoms with E-state index in [9.17, 15) is 9.90 Å². The van der Waals surface area contributed by atoms with Gasteiger partial charge in [-0.3, -0.25) is 0 Å². The first-order chi connectivity index (χ1) is 8.50. The minimum Gasteiger partial charge on any atom is -0.476 e. The molecule has 1 heterocycles. The van der Waals surface area contributed by atoms with Crippen molar-refractivity contribution in [2.75, 3.05) is 0 Å². The van der Waals surface area contributed by atoms with Crippen molar-refractivity contribution in [3.63, 3.8) is 0 Å². The highest BCUT2D eigenvalue weighted by atomic mass is 16.4. The fraction of sp³-hybridized carbons (Fsp3) is 0.200. The molecule has 3 heteroatoms. The Labute approximate surface area is 106 Å². The Balaban J connectivity index is 2.74. The van der Waals surface area contributed by atoms with Gasteiger partial charge in [0.2, 0.25) is 0 Å². The molecule has 2 rings (SSSR count). The van der Waals surface area contributed by atoms with Crippen molar-refractivity contribution >= 4 is 5.97 Å². The highest BCUT2D eigenvalue weighted by Gasteiger charge is 2.16. The summed E-state index contributed by atoms with van der Waals surface area (Å²) in [6.07, 6.45) is 1.51. The molecule has 0 saturated carbocycles. The first kappa shape index (κ1) is 12.3. The Kier molecular flexibility index (Phi) is 3.15. The molecule has 0 aliphatic heterocycles. The van der Waals surface area contributed by atoms with Crippen LogP contribution in [-0.4, -0.2) is 16.1 Å². The van der Waals surface area contributed by atoms with Gasteiger partial charge >= 0.3 is 5.97 Å². The molecule has 0 aliphatic carbocycles. The van der Waals surface area contributed by atoms with Gasteiger partial charge in [-0.1, -0.05) is 23.8 Å². The van der Waals surface area contributed by atoms with Crippen LogP contribution >= 0.6 is 0 Å². The van der Waals surface area contributed by atoms with Gasteiger partial charge in [0.1, 0.15) is 0 Å². The molecule has 3 nitrogen and oxygen atoms in total. The maximum Gasteiger partial charge on any atom is 0.355 e. The average Bonchev–Trinajstić information content (AvgIpc) is 2.28. The number of rotatable bonds is 2. The van der Waals surface area contributed by atoms with Gasteiger partial charge < -0.3 is 5.11 Å². The van der Waals surface area contributed by atoms with Crippen LogP contribution in [-0.2, 0) is 0 Å². The number of hydrogen-bond acceptors (Lipinski definition) is 2. The summed E-state index contributed by atoms with van der Waals surface area (Å²) in [7, 11) is 0. The summed E-state index contributed by atoms with van der Waals surface area (Å²) in [6, 6.07) is 7.68. The van der Waals surface area contributed by atoms with E-state index in [-0.39, 0.29) is 5.69 Å². The Hall–Kier alpha value is -2.16. The van der Waals surface area contributed by atoms with Crippen molar-refractivity contribution in [3.8, 4) is 11.1 Å². The van der Waals surface area contributed by atoms with Gasteiger partial charge in [0.05, 0.1) is 0 Å². The average molecular weight is 241 g/mol. The zero-order valence-electron chi connectivity index (χ0n) is 10.7. The predicted octanol–water partition coefficient (Wildman–Crippen LogP) is 3.37. The minimum atomic E-state index is -0.995. The highest BCUT2D eigenvalue weighted by molar-refractivity contribution is 5.94.